The van der Waals surface area contributed by atoms with E-state index in [1.165, 1.54) is 27.0 Å². The molecule has 1 aromatic carbocycles. The van der Waals surface area contributed by atoms with Crippen molar-refractivity contribution in [3.05, 3.63) is 40.8 Å². The van der Waals surface area contributed by atoms with Crippen molar-refractivity contribution in [1.29, 1.82) is 0 Å². The Morgan fingerprint density at radius 2 is 2.03 bits per heavy atom. The van der Waals surface area contributed by atoms with E-state index in [4.69, 9.17) is 4.98 Å². The molecule has 0 spiro atoms. The minimum Gasteiger partial charge on any atom is -0.308 e. The van der Waals surface area contributed by atoms with Gasteiger partial charge in [0.15, 0.2) is 5.13 Å². The van der Waals surface area contributed by atoms with Gasteiger partial charge in [0.25, 0.3) is 10.0 Å². The number of fused-ring (bicyclic) bond motifs is 1. The van der Waals surface area contributed by atoms with Crippen molar-refractivity contribution in [3.8, 4) is 0 Å². The fourth-order valence-electron chi connectivity index (χ4n) is 4.20. The molecule has 0 N–H and O–H groups in total. The molecule has 0 aliphatic carbocycles. The van der Waals surface area contributed by atoms with Gasteiger partial charge in [0.1, 0.15) is 4.21 Å². The third kappa shape index (κ3) is 5.14. The number of thiophene rings is 1. The van der Waals surface area contributed by atoms with Gasteiger partial charge < -0.3 is 4.90 Å². The van der Waals surface area contributed by atoms with Crippen LogP contribution in [0.25, 0.3) is 10.2 Å². The van der Waals surface area contributed by atoms with Crippen LogP contribution in [-0.4, -0.2) is 68.8 Å². The lowest BCUT2D eigenvalue weighted by atomic mass is 9.98. The molecular weight excluding hydrogens is 476 g/mol. The van der Waals surface area contributed by atoms with Crippen molar-refractivity contribution in [1.82, 2.24) is 14.2 Å². The quantitative estimate of drug-likeness (QED) is 0.485. The van der Waals surface area contributed by atoms with Gasteiger partial charge in [-0.2, -0.15) is 4.31 Å². The lowest BCUT2D eigenvalue weighted by molar-refractivity contribution is -0.123. The standard InChI is InChI=1S/C23H30N4O3S3/c1-16-13-17(2)21-19(14-16)24-23(32-21)27(11-10-25(3)4)22(28)18-7-5-9-26(15-18)33(29,30)20-8-6-12-31-20/h6,8,12-14,18H,5,7,9-11,15H2,1-4H3. The first-order chi connectivity index (χ1) is 15.7. The molecule has 0 radical (unpaired) electrons. The third-order valence-electron chi connectivity index (χ3n) is 5.90. The molecule has 4 rings (SSSR count). The molecular formula is C23H30N4O3S3. The molecule has 0 bridgehead atoms. The van der Waals surface area contributed by atoms with Crippen molar-refractivity contribution in [3.63, 3.8) is 0 Å². The highest BCUT2D eigenvalue weighted by Gasteiger charge is 2.36. The number of hydrogen-bond donors (Lipinski definition) is 0. The zero-order chi connectivity index (χ0) is 23.8. The van der Waals surface area contributed by atoms with Crippen molar-refractivity contribution in [2.75, 3.05) is 45.2 Å². The van der Waals surface area contributed by atoms with Gasteiger partial charge >= 0.3 is 0 Å². The summed E-state index contributed by atoms with van der Waals surface area (Å²) in [5, 5.41) is 2.45. The summed E-state index contributed by atoms with van der Waals surface area (Å²) < 4.78 is 29.0. The number of aromatic nitrogens is 1. The molecule has 1 aliphatic rings. The maximum absolute atomic E-state index is 13.8. The highest BCUT2D eigenvalue weighted by Crippen LogP contribution is 2.34. The first-order valence-corrected chi connectivity index (χ1v) is 14.2. The second kappa shape index (κ2) is 9.79. The topological polar surface area (TPSA) is 73.8 Å². The average molecular weight is 507 g/mol. The van der Waals surface area contributed by atoms with Crippen LogP contribution in [0.5, 0.6) is 0 Å². The number of rotatable bonds is 7. The van der Waals surface area contributed by atoms with Gasteiger partial charge in [-0.1, -0.05) is 23.5 Å². The van der Waals surface area contributed by atoms with Gasteiger partial charge in [-0.25, -0.2) is 13.4 Å². The van der Waals surface area contributed by atoms with Gasteiger partial charge in [0.05, 0.1) is 16.1 Å². The maximum atomic E-state index is 13.8. The Morgan fingerprint density at radius 3 is 2.73 bits per heavy atom. The average Bonchev–Trinajstić information content (AvgIpc) is 3.44. The molecule has 7 nitrogen and oxygen atoms in total. The van der Waals surface area contributed by atoms with Crippen LogP contribution in [0.3, 0.4) is 0 Å². The molecule has 2 aromatic heterocycles. The Hall–Kier alpha value is -1.85. The van der Waals surface area contributed by atoms with E-state index in [0.717, 1.165) is 21.3 Å². The number of benzene rings is 1. The van der Waals surface area contributed by atoms with E-state index in [1.807, 2.05) is 32.0 Å². The van der Waals surface area contributed by atoms with E-state index < -0.39 is 10.0 Å². The van der Waals surface area contributed by atoms with Gasteiger partial charge in [0.2, 0.25) is 5.91 Å². The number of nitrogens with zero attached hydrogens (tertiary/aromatic N) is 4. The highest BCUT2D eigenvalue weighted by molar-refractivity contribution is 7.91. The minimum absolute atomic E-state index is 0.0450. The SMILES string of the molecule is Cc1cc(C)c2sc(N(CCN(C)C)C(=O)C3CCCN(S(=O)(=O)c4cccs4)C3)nc2c1. The first kappa shape index (κ1) is 24.3. The molecule has 33 heavy (non-hydrogen) atoms. The van der Waals surface area contributed by atoms with E-state index in [0.29, 0.717) is 41.8 Å². The summed E-state index contributed by atoms with van der Waals surface area (Å²) in [4.78, 5) is 22.4. The largest absolute Gasteiger partial charge is 0.308 e. The van der Waals surface area contributed by atoms with Crippen molar-refractivity contribution in [2.24, 2.45) is 5.92 Å². The highest BCUT2D eigenvalue weighted by atomic mass is 32.2. The molecule has 1 unspecified atom stereocenters. The van der Waals surface area contributed by atoms with E-state index in [2.05, 4.69) is 13.0 Å². The number of carbonyl (C=O) groups is 1. The predicted octanol–water partition coefficient (Wildman–Crippen LogP) is 3.97. The Morgan fingerprint density at radius 1 is 1.24 bits per heavy atom. The number of piperidine rings is 1. The van der Waals surface area contributed by atoms with Crippen LogP contribution in [-0.2, 0) is 14.8 Å². The molecule has 1 fully saturated rings. The summed E-state index contributed by atoms with van der Waals surface area (Å²) in [5.41, 5.74) is 3.20. The Kier molecular flexibility index (Phi) is 7.20. The van der Waals surface area contributed by atoms with Gasteiger partial charge in [-0.3, -0.25) is 9.69 Å². The number of anilines is 1. The van der Waals surface area contributed by atoms with Gasteiger partial charge in [-0.05, 0) is 69.4 Å². The summed E-state index contributed by atoms with van der Waals surface area (Å²) in [6.07, 6.45) is 1.34. The number of sulfonamides is 1. The zero-order valence-electron chi connectivity index (χ0n) is 19.4. The van der Waals surface area contributed by atoms with Crippen LogP contribution in [0.1, 0.15) is 24.0 Å². The van der Waals surface area contributed by atoms with Crippen molar-refractivity contribution in [2.45, 2.75) is 30.9 Å². The van der Waals surface area contributed by atoms with Gasteiger partial charge in [0, 0.05) is 26.2 Å². The molecule has 0 saturated carbocycles. The summed E-state index contributed by atoms with van der Waals surface area (Å²) >= 11 is 2.75. The molecule has 178 valence electrons. The molecule has 1 amide bonds. The molecule has 10 heteroatoms. The van der Waals surface area contributed by atoms with E-state index in [9.17, 15) is 13.2 Å². The number of likely N-dealkylation sites (N-methyl/N-ethyl adjacent to an activating group) is 1. The third-order valence-corrected chi connectivity index (χ3v) is 10.4. The smallest absolute Gasteiger partial charge is 0.252 e. The fraction of sp³-hybridized carbons (Fsp3) is 0.478. The van der Waals surface area contributed by atoms with Crippen LogP contribution in [0, 0.1) is 19.8 Å². The van der Waals surface area contributed by atoms with Crippen LogP contribution in [0.4, 0.5) is 5.13 Å². The Bertz CT molecular complexity index is 1240. The zero-order valence-corrected chi connectivity index (χ0v) is 21.9. The Balaban J connectivity index is 1.62. The number of aryl methyl sites for hydroxylation is 2. The van der Waals surface area contributed by atoms with Crippen molar-refractivity contribution >= 4 is 54.0 Å². The van der Waals surface area contributed by atoms with Crippen LogP contribution >= 0.6 is 22.7 Å². The predicted molar refractivity (Wildman–Crippen MR) is 136 cm³/mol. The van der Waals surface area contributed by atoms with E-state index >= 15 is 0 Å². The second-order valence-electron chi connectivity index (χ2n) is 8.85. The van der Waals surface area contributed by atoms with E-state index in [1.54, 1.807) is 22.4 Å². The minimum atomic E-state index is -3.57. The maximum Gasteiger partial charge on any atom is 0.252 e. The molecule has 1 atom stereocenters. The second-order valence-corrected chi connectivity index (χ2v) is 12.9. The fourth-order valence-corrected chi connectivity index (χ4v) is 7.92. The summed E-state index contributed by atoms with van der Waals surface area (Å²) in [5.74, 6) is -0.429. The summed E-state index contributed by atoms with van der Waals surface area (Å²) in [6, 6.07) is 7.54. The number of carbonyl (C=O) groups excluding carboxylic acids is 1. The normalized spacial score (nSPS) is 17.7. The van der Waals surface area contributed by atoms with Crippen molar-refractivity contribution < 1.29 is 13.2 Å². The summed E-state index contributed by atoms with van der Waals surface area (Å²) in [6.45, 7) is 5.98. The van der Waals surface area contributed by atoms with Crippen LogP contribution < -0.4 is 4.90 Å². The number of amides is 1. The lowest BCUT2D eigenvalue weighted by Gasteiger charge is -2.33. The van der Waals surface area contributed by atoms with Gasteiger partial charge in [-0.15, -0.1) is 11.3 Å². The van der Waals surface area contributed by atoms with Crippen LogP contribution in [0.15, 0.2) is 33.9 Å². The molecule has 1 aliphatic heterocycles. The van der Waals surface area contributed by atoms with Crippen LogP contribution in [0.2, 0.25) is 0 Å². The monoisotopic (exact) mass is 506 g/mol. The number of hydrogen-bond acceptors (Lipinski definition) is 7. The van der Waals surface area contributed by atoms with E-state index in [-0.39, 0.29) is 18.4 Å². The lowest BCUT2D eigenvalue weighted by Crippen LogP contribution is -2.48. The molecule has 1 saturated heterocycles. The molecule has 3 aromatic rings. The summed E-state index contributed by atoms with van der Waals surface area (Å²) in [7, 11) is 0.381. The number of thiazole rings is 1. The Labute approximate surface area is 203 Å². The molecule has 3 heterocycles. The first-order valence-electron chi connectivity index (χ1n) is 11.0.